The topological polar surface area (TPSA) is 24.9 Å². The summed E-state index contributed by atoms with van der Waals surface area (Å²) in [7, 11) is 2.08. The summed E-state index contributed by atoms with van der Waals surface area (Å²) in [6, 6.07) is 13.5. The number of hydrogen-bond acceptors (Lipinski definition) is 2. The Morgan fingerprint density at radius 1 is 1.10 bits per heavy atom. The summed E-state index contributed by atoms with van der Waals surface area (Å²) in [5, 5.41) is 3.60. The largest absolute Gasteiger partial charge is 0.312 e. The molecule has 0 saturated heterocycles. The molecule has 0 spiro atoms. The number of aryl methyl sites for hydroxylation is 1. The second-order valence-corrected chi connectivity index (χ2v) is 6.18. The third kappa shape index (κ3) is 2.49. The van der Waals surface area contributed by atoms with Gasteiger partial charge in [-0.3, -0.25) is 4.98 Å². The Morgan fingerprint density at radius 3 is 2.43 bits per heavy atom. The van der Waals surface area contributed by atoms with Crippen LogP contribution < -0.4 is 5.32 Å². The lowest BCUT2D eigenvalue weighted by Crippen LogP contribution is -2.38. The molecule has 1 aromatic carbocycles. The molecule has 1 atom stereocenters. The normalized spacial score (nSPS) is 18.6. The van der Waals surface area contributed by atoms with Crippen molar-refractivity contribution in [3.63, 3.8) is 0 Å². The van der Waals surface area contributed by atoms with E-state index in [9.17, 15) is 0 Å². The maximum atomic E-state index is 4.37. The number of rotatable bonds is 4. The van der Waals surface area contributed by atoms with Crippen LogP contribution >= 0.6 is 0 Å². The smallest absolute Gasteiger partial charge is 0.0433 e. The molecule has 2 aromatic rings. The first-order valence-electron chi connectivity index (χ1n) is 7.91. The highest BCUT2D eigenvalue weighted by molar-refractivity contribution is 5.36. The number of benzene rings is 1. The highest BCUT2D eigenvalue weighted by Gasteiger charge is 2.43. The summed E-state index contributed by atoms with van der Waals surface area (Å²) >= 11 is 0. The monoisotopic (exact) mass is 280 g/mol. The molecule has 0 amide bonds. The van der Waals surface area contributed by atoms with Crippen LogP contribution in [-0.4, -0.2) is 12.0 Å². The molecule has 1 aliphatic carbocycles. The molecule has 3 rings (SSSR count). The molecule has 0 aliphatic heterocycles. The fourth-order valence-corrected chi connectivity index (χ4v) is 4.03. The summed E-state index contributed by atoms with van der Waals surface area (Å²) in [6.07, 6.45) is 9.04. The fourth-order valence-electron chi connectivity index (χ4n) is 4.03. The molecule has 1 unspecified atom stereocenters. The first-order valence-corrected chi connectivity index (χ1v) is 7.91. The summed E-state index contributed by atoms with van der Waals surface area (Å²) in [4.78, 5) is 4.37. The quantitative estimate of drug-likeness (QED) is 0.909. The van der Waals surface area contributed by atoms with E-state index in [4.69, 9.17) is 0 Å². The van der Waals surface area contributed by atoms with Gasteiger partial charge in [0.15, 0.2) is 0 Å². The van der Waals surface area contributed by atoms with Crippen molar-refractivity contribution in [3.8, 4) is 0 Å². The minimum atomic E-state index is 0.198. The molecule has 1 fully saturated rings. The van der Waals surface area contributed by atoms with Crippen LogP contribution in [-0.2, 0) is 5.41 Å². The summed E-state index contributed by atoms with van der Waals surface area (Å²) < 4.78 is 0. The Balaban J connectivity index is 2.10. The third-order valence-electron chi connectivity index (χ3n) is 5.08. The molecular formula is C19H24N2. The van der Waals surface area contributed by atoms with E-state index in [-0.39, 0.29) is 5.41 Å². The molecule has 2 nitrogen and oxygen atoms in total. The van der Waals surface area contributed by atoms with Crippen LogP contribution in [0.2, 0.25) is 0 Å². The van der Waals surface area contributed by atoms with Gasteiger partial charge in [-0.15, -0.1) is 0 Å². The molecule has 1 aliphatic rings. The Hall–Kier alpha value is -1.67. The van der Waals surface area contributed by atoms with Gasteiger partial charge in [0.05, 0.1) is 0 Å². The van der Waals surface area contributed by atoms with E-state index in [2.05, 4.69) is 60.7 Å². The van der Waals surface area contributed by atoms with Crippen molar-refractivity contribution in [3.05, 3.63) is 65.5 Å². The van der Waals surface area contributed by atoms with Gasteiger partial charge in [0.1, 0.15) is 0 Å². The highest BCUT2D eigenvalue weighted by Crippen LogP contribution is 2.49. The number of aromatic nitrogens is 1. The Bertz CT molecular complexity index is 586. The van der Waals surface area contributed by atoms with E-state index < -0.39 is 0 Å². The van der Waals surface area contributed by atoms with E-state index in [1.165, 1.54) is 42.4 Å². The molecule has 1 heterocycles. The van der Waals surface area contributed by atoms with E-state index in [0.29, 0.717) is 6.04 Å². The molecule has 0 radical (unpaired) electrons. The van der Waals surface area contributed by atoms with Crippen LogP contribution in [0.5, 0.6) is 0 Å². The summed E-state index contributed by atoms with van der Waals surface area (Å²) in [6.45, 7) is 2.19. The van der Waals surface area contributed by atoms with Crippen molar-refractivity contribution in [2.75, 3.05) is 7.05 Å². The molecule has 1 N–H and O–H groups in total. The van der Waals surface area contributed by atoms with Gasteiger partial charge in [0.2, 0.25) is 0 Å². The van der Waals surface area contributed by atoms with Gasteiger partial charge in [-0.2, -0.15) is 0 Å². The SMILES string of the molecule is CNC(c1cnccc1C)C1(c2ccccc2)CCCC1. The second-order valence-electron chi connectivity index (χ2n) is 6.18. The predicted octanol–water partition coefficient (Wildman–Crippen LogP) is 4.16. The van der Waals surface area contributed by atoms with Crippen LogP contribution in [0.25, 0.3) is 0 Å². The lowest BCUT2D eigenvalue weighted by atomic mass is 9.70. The lowest BCUT2D eigenvalue weighted by Gasteiger charge is -2.39. The van der Waals surface area contributed by atoms with Crippen molar-refractivity contribution >= 4 is 0 Å². The number of pyridine rings is 1. The van der Waals surface area contributed by atoms with Crippen molar-refractivity contribution in [2.24, 2.45) is 0 Å². The van der Waals surface area contributed by atoms with E-state index in [0.717, 1.165) is 0 Å². The zero-order valence-corrected chi connectivity index (χ0v) is 13.0. The molecular weight excluding hydrogens is 256 g/mol. The second kappa shape index (κ2) is 5.98. The van der Waals surface area contributed by atoms with Gasteiger partial charge in [-0.05, 0) is 49.6 Å². The van der Waals surface area contributed by atoms with Gasteiger partial charge in [-0.25, -0.2) is 0 Å². The van der Waals surface area contributed by atoms with E-state index >= 15 is 0 Å². The van der Waals surface area contributed by atoms with Crippen molar-refractivity contribution in [1.82, 2.24) is 10.3 Å². The average Bonchev–Trinajstić information content (AvgIpc) is 3.01. The maximum Gasteiger partial charge on any atom is 0.0433 e. The Kier molecular flexibility index (Phi) is 4.07. The number of nitrogens with zero attached hydrogens (tertiary/aromatic N) is 1. The minimum absolute atomic E-state index is 0.198. The number of likely N-dealkylation sites (N-methyl/N-ethyl adjacent to an activating group) is 1. The lowest BCUT2D eigenvalue weighted by molar-refractivity contribution is 0.314. The van der Waals surface area contributed by atoms with Gasteiger partial charge in [0, 0.05) is 23.9 Å². The van der Waals surface area contributed by atoms with Crippen LogP contribution in [0, 0.1) is 6.92 Å². The van der Waals surface area contributed by atoms with Crippen molar-refractivity contribution in [2.45, 2.75) is 44.1 Å². The third-order valence-corrected chi connectivity index (χ3v) is 5.08. The summed E-state index contributed by atoms with van der Waals surface area (Å²) in [5.74, 6) is 0. The fraction of sp³-hybridized carbons (Fsp3) is 0.421. The number of hydrogen-bond donors (Lipinski definition) is 1. The molecule has 21 heavy (non-hydrogen) atoms. The Labute approximate surface area is 127 Å². The maximum absolute atomic E-state index is 4.37. The van der Waals surface area contributed by atoms with Gasteiger partial charge >= 0.3 is 0 Å². The van der Waals surface area contributed by atoms with Crippen molar-refractivity contribution < 1.29 is 0 Å². The summed E-state index contributed by atoms with van der Waals surface area (Å²) in [5.41, 5.74) is 4.33. The van der Waals surface area contributed by atoms with Crippen LogP contribution in [0.1, 0.15) is 48.4 Å². The van der Waals surface area contributed by atoms with Gasteiger partial charge < -0.3 is 5.32 Å². The molecule has 110 valence electrons. The standard InChI is InChI=1S/C19H24N2/c1-15-10-13-21-14-17(15)18(20-2)19(11-6-7-12-19)16-8-4-3-5-9-16/h3-5,8-10,13-14,18,20H,6-7,11-12H2,1-2H3. The zero-order chi connectivity index (χ0) is 14.7. The van der Waals surface area contributed by atoms with Gasteiger partial charge in [-0.1, -0.05) is 43.2 Å². The van der Waals surface area contributed by atoms with E-state index in [1.807, 2.05) is 12.4 Å². The molecule has 1 aromatic heterocycles. The Morgan fingerprint density at radius 2 is 1.81 bits per heavy atom. The predicted molar refractivity (Wildman–Crippen MR) is 87.4 cm³/mol. The first kappa shape index (κ1) is 14.3. The first-order chi connectivity index (χ1) is 10.3. The zero-order valence-electron chi connectivity index (χ0n) is 13.0. The number of nitrogens with one attached hydrogen (secondary N) is 1. The van der Waals surface area contributed by atoms with Gasteiger partial charge in [0.25, 0.3) is 0 Å². The van der Waals surface area contributed by atoms with Crippen LogP contribution in [0.3, 0.4) is 0 Å². The van der Waals surface area contributed by atoms with Crippen molar-refractivity contribution in [1.29, 1.82) is 0 Å². The molecule has 2 heteroatoms. The van der Waals surface area contributed by atoms with Crippen LogP contribution in [0.15, 0.2) is 48.8 Å². The molecule has 1 saturated carbocycles. The van der Waals surface area contributed by atoms with Crippen LogP contribution in [0.4, 0.5) is 0 Å². The highest BCUT2D eigenvalue weighted by atomic mass is 14.9. The molecule has 0 bridgehead atoms. The average molecular weight is 280 g/mol. The van der Waals surface area contributed by atoms with E-state index in [1.54, 1.807) is 0 Å². The minimum Gasteiger partial charge on any atom is -0.312 e.